The average Bonchev–Trinajstić information content (AvgIpc) is 3.23. The van der Waals surface area contributed by atoms with E-state index in [1.165, 1.54) is 0 Å². The number of halogens is 1. The summed E-state index contributed by atoms with van der Waals surface area (Å²) < 4.78 is 6.12. The lowest BCUT2D eigenvalue weighted by Crippen LogP contribution is -2.07. The predicted molar refractivity (Wildman–Crippen MR) is 104 cm³/mol. The summed E-state index contributed by atoms with van der Waals surface area (Å²) in [5.74, 6) is -0.477. The van der Waals surface area contributed by atoms with Gasteiger partial charge in [0.15, 0.2) is 5.69 Å². The molecule has 2 heterocycles. The molecule has 2 aromatic carbocycles. The first-order chi connectivity index (χ1) is 12.5. The first kappa shape index (κ1) is 16.8. The Morgan fingerprint density at radius 2 is 2.04 bits per heavy atom. The van der Waals surface area contributed by atoms with Gasteiger partial charge in [0.1, 0.15) is 5.69 Å². The molecule has 0 aliphatic carbocycles. The average molecular weight is 413 g/mol. The van der Waals surface area contributed by atoms with Crippen molar-refractivity contribution in [1.82, 2.24) is 20.4 Å². The Bertz CT molecular complexity index is 1160. The Labute approximate surface area is 158 Å². The first-order valence-electron chi connectivity index (χ1n) is 8.30. The molecule has 0 fully saturated rings. The summed E-state index contributed by atoms with van der Waals surface area (Å²) in [5.41, 5.74) is 5.84. The van der Waals surface area contributed by atoms with Gasteiger partial charge in [0.25, 0.3) is 0 Å². The fraction of sp³-hybridized carbons (Fsp3) is 0.211. The van der Waals surface area contributed by atoms with Gasteiger partial charge in [-0.2, -0.15) is 10.3 Å². The highest BCUT2D eigenvalue weighted by Crippen LogP contribution is 2.37. The molecule has 0 bridgehead atoms. The summed E-state index contributed by atoms with van der Waals surface area (Å²) in [6.07, 6.45) is 0. The molecule has 7 heteroatoms. The molecule has 4 aromatic rings. The van der Waals surface area contributed by atoms with Crippen LogP contribution in [0.3, 0.4) is 0 Å². The van der Waals surface area contributed by atoms with Gasteiger partial charge >= 0.3 is 5.97 Å². The smallest absolute Gasteiger partial charge is 0.361 e. The second kappa shape index (κ2) is 6.25. The van der Waals surface area contributed by atoms with Crippen LogP contribution < -0.4 is 0 Å². The second-order valence-electron chi connectivity index (χ2n) is 6.17. The van der Waals surface area contributed by atoms with Crippen molar-refractivity contribution in [3.05, 3.63) is 45.6 Å². The summed E-state index contributed by atoms with van der Waals surface area (Å²) in [6.45, 7) is 6.14. The number of rotatable bonds is 3. The van der Waals surface area contributed by atoms with Crippen LogP contribution in [0.1, 0.15) is 28.5 Å². The molecule has 0 atom stereocenters. The van der Waals surface area contributed by atoms with Crippen LogP contribution >= 0.6 is 15.9 Å². The van der Waals surface area contributed by atoms with Gasteiger partial charge in [-0.1, -0.05) is 15.9 Å². The highest BCUT2D eigenvalue weighted by Gasteiger charge is 2.22. The van der Waals surface area contributed by atoms with Crippen molar-refractivity contribution >= 4 is 43.7 Å². The van der Waals surface area contributed by atoms with E-state index in [2.05, 4.69) is 48.5 Å². The van der Waals surface area contributed by atoms with Crippen molar-refractivity contribution in [2.24, 2.45) is 0 Å². The summed E-state index contributed by atoms with van der Waals surface area (Å²) in [6, 6.07) is 8.19. The topological polar surface area (TPSA) is 83.7 Å². The van der Waals surface area contributed by atoms with Crippen molar-refractivity contribution in [2.75, 3.05) is 6.61 Å². The van der Waals surface area contributed by atoms with E-state index in [0.717, 1.165) is 43.0 Å². The van der Waals surface area contributed by atoms with Crippen LogP contribution in [0.15, 0.2) is 28.7 Å². The van der Waals surface area contributed by atoms with Gasteiger partial charge in [-0.3, -0.25) is 0 Å². The van der Waals surface area contributed by atoms with Gasteiger partial charge in [0, 0.05) is 31.8 Å². The van der Waals surface area contributed by atoms with Crippen molar-refractivity contribution in [2.45, 2.75) is 20.8 Å². The Kier molecular flexibility index (Phi) is 4.03. The molecular weight excluding hydrogens is 396 g/mol. The van der Waals surface area contributed by atoms with E-state index in [0.29, 0.717) is 12.3 Å². The lowest BCUT2D eigenvalue weighted by Gasteiger charge is -2.09. The predicted octanol–water partition coefficient (Wildman–Crippen LogP) is 4.66. The Hall–Kier alpha value is -2.67. The van der Waals surface area contributed by atoms with E-state index in [1.807, 2.05) is 26.0 Å². The third-order valence-electron chi connectivity index (χ3n) is 4.57. The number of esters is 1. The zero-order valence-electron chi connectivity index (χ0n) is 14.6. The van der Waals surface area contributed by atoms with Gasteiger partial charge < -0.3 is 9.72 Å². The summed E-state index contributed by atoms with van der Waals surface area (Å²) in [4.78, 5) is 15.7. The number of nitrogens with zero attached hydrogens (tertiary/aromatic N) is 2. The van der Waals surface area contributed by atoms with Crippen LogP contribution in [0.5, 0.6) is 0 Å². The Morgan fingerprint density at radius 3 is 2.81 bits per heavy atom. The Morgan fingerprint density at radius 1 is 1.23 bits per heavy atom. The van der Waals surface area contributed by atoms with E-state index in [-0.39, 0.29) is 5.69 Å². The van der Waals surface area contributed by atoms with Crippen molar-refractivity contribution in [1.29, 1.82) is 0 Å². The molecule has 2 aromatic heterocycles. The molecular formula is C19H17BrN4O2. The molecule has 0 saturated heterocycles. The van der Waals surface area contributed by atoms with Crippen LogP contribution in [-0.4, -0.2) is 33.0 Å². The monoisotopic (exact) mass is 412 g/mol. The molecule has 0 amide bonds. The molecule has 0 saturated carbocycles. The van der Waals surface area contributed by atoms with E-state index < -0.39 is 5.97 Å². The summed E-state index contributed by atoms with van der Waals surface area (Å²) >= 11 is 3.55. The molecule has 2 N–H and O–H groups in total. The van der Waals surface area contributed by atoms with E-state index >= 15 is 0 Å². The summed E-state index contributed by atoms with van der Waals surface area (Å²) in [5, 5.41) is 13.0. The van der Waals surface area contributed by atoms with E-state index in [9.17, 15) is 4.79 Å². The maximum Gasteiger partial charge on any atom is 0.361 e. The largest absolute Gasteiger partial charge is 0.461 e. The normalized spacial score (nSPS) is 11.4. The van der Waals surface area contributed by atoms with Gasteiger partial charge in [0.05, 0.1) is 6.61 Å². The highest BCUT2D eigenvalue weighted by molar-refractivity contribution is 9.10. The standard InChI is InChI=1S/C19H17BrN4O2/c1-4-26-19(25)18-17(22-24-23-18)12-7-9(2)16-15(10(12)3)13-8-11(20)5-6-14(13)21-16/h5-8,21H,4H2,1-3H3,(H,22,23,24). The molecule has 132 valence electrons. The molecule has 26 heavy (non-hydrogen) atoms. The van der Waals surface area contributed by atoms with Crippen LogP contribution in [0.2, 0.25) is 0 Å². The molecule has 0 aliphatic heterocycles. The number of carbonyl (C=O) groups excluding carboxylic acids is 1. The van der Waals surface area contributed by atoms with Gasteiger partial charge in [-0.15, -0.1) is 5.10 Å². The number of aryl methyl sites for hydroxylation is 2. The lowest BCUT2D eigenvalue weighted by molar-refractivity contribution is 0.0520. The number of carbonyl (C=O) groups is 1. The maximum absolute atomic E-state index is 12.2. The number of fused-ring (bicyclic) bond motifs is 3. The molecule has 0 unspecified atom stereocenters. The molecule has 0 radical (unpaired) electrons. The Balaban J connectivity index is 2.02. The van der Waals surface area contributed by atoms with E-state index in [4.69, 9.17) is 4.74 Å². The number of ether oxygens (including phenoxy) is 1. The second-order valence-corrected chi connectivity index (χ2v) is 7.09. The highest BCUT2D eigenvalue weighted by atomic mass is 79.9. The quantitative estimate of drug-likeness (QED) is 0.479. The third-order valence-corrected chi connectivity index (χ3v) is 5.06. The zero-order chi connectivity index (χ0) is 18.4. The lowest BCUT2D eigenvalue weighted by atomic mass is 9.96. The number of aromatic nitrogens is 4. The molecule has 6 nitrogen and oxygen atoms in total. The van der Waals surface area contributed by atoms with Crippen LogP contribution in [0.25, 0.3) is 33.1 Å². The number of hydrogen-bond donors (Lipinski definition) is 2. The number of nitrogens with one attached hydrogen (secondary N) is 2. The first-order valence-corrected chi connectivity index (χ1v) is 9.10. The van der Waals surface area contributed by atoms with Crippen LogP contribution in [0.4, 0.5) is 0 Å². The molecule has 0 spiro atoms. The number of H-pyrrole nitrogens is 2. The van der Waals surface area contributed by atoms with Crippen molar-refractivity contribution < 1.29 is 9.53 Å². The van der Waals surface area contributed by atoms with E-state index in [1.54, 1.807) is 6.92 Å². The van der Waals surface area contributed by atoms with Gasteiger partial charge in [-0.25, -0.2) is 4.79 Å². The number of benzene rings is 2. The molecule has 0 aliphatic rings. The van der Waals surface area contributed by atoms with Crippen molar-refractivity contribution in [3.63, 3.8) is 0 Å². The fourth-order valence-electron chi connectivity index (χ4n) is 3.39. The maximum atomic E-state index is 12.2. The van der Waals surface area contributed by atoms with Crippen molar-refractivity contribution in [3.8, 4) is 11.3 Å². The van der Waals surface area contributed by atoms with Gasteiger partial charge in [0.2, 0.25) is 0 Å². The minimum absolute atomic E-state index is 0.203. The SMILES string of the molecule is CCOC(=O)c1n[nH]nc1-c1cc(C)c2[nH]c3ccc(Br)cc3c2c1C. The molecule has 4 rings (SSSR count). The number of hydrogen-bond acceptors (Lipinski definition) is 4. The number of aromatic amines is 2. The zero-order valence-corrected chi connectivity index (χ0v) is 16.2. The third kappa shape index (κ3) is 2.50. The summed E-state index contributed by atoms with van der Waals surface area (Å²) in [7, 11) is 0. The minimum Gasteiger partial charge on any atom is -0.461 e. The van der Waals surface area contributed by atoms with Gasteiger partial charge in [-0.05, 0) is 56.2 Å². The minimum atomic E-state index is -0.477. The van der Waals surface area contributed by atoms with Crippen LogP contribution in [0, 0.1) is 13.8 Å². The fourth-order valence-corrected chi connectivity index (χ4v) is 3.75. The van der Waals surface area contributed by atoms with Crippen LogP contribution in [-0.2, 0) is 4.74 Å².